The summed E-state index contributed by atoms with van der Waals surface area (Å²) in [6.07, 6.45) is 1.12. The molecule has 4 nitrogen and oxygen atoms in total. The Hall–Kier alpha value is -1.92. The summed E-state index contributed by atoms with van der Waals surface area (Å²) in [6.45, 7) is 3.90. The van der Waals surface area contributed by atoms with Crippen LogP contribution in [0.4, 0.5) is 18.9 Å². The van der Waals surface area contributed by atoms with E-state index in [4.69, 9.17) is 10.9 Å². The molecule has 1 aromatic carbocycles. The van der Waals surface area contributed by atoms with Crippen LogP contribution in [-0.2, 0) is 0 Å². The quantitative estimate of drug-likeness (QED) is 0.188. The molecule has 0 atom stereocenters. The number of amidine groups is 1. The van der Waals surface area contributed by atoms with E-state index in [1.807, 2.05) is 0 Å². The molecule has 1 rings (SSSR count). The van der Waals surface area contributed by atoms with Gasteiger partial charge < -0.3 is 16.3 Å². The van der Waals surface area contributed by atoms with Gasteiger partial charge in [-0.2, -0.15) is 0 Å². The third-order valence-corrected chi connectivity index (χ3v) is 3.09. The van der Waals surface area contributed by atoms with Crippen LogP contribution in [0.15, 0.2) is 17.3 Å². The van der Waals surface area contributed by atoms with Crippen molar-refractivity contribution in [1.82, 2.24) is 0 Å². The van der Waals surface area contributed by atoms with Crippen LogP contribution in [-0.4, -0.2) is 17.6 Å². The Bertz CT molecular complexity index is 504. The lowest BCUT2D eigenvalue weighted by molar-refractivity contribution is 0.305. The minimum atomic E-state index is -1.23. The molecular formula is C13H18F3N3O. The average Bonchev–Trinajstić information content (AvgIpc) is 2.38. The highest BCUT2D eigenvalue weighted by Gasteiger charge is 2.22. The second-order valence-corrected chi connectivity index (χ2v) is 5.15. The summed E-state index contributed by atoms with van der Waals surface area (Å²) < 4.78 is 39.3. The fraction of sp³-hybridized carbons (Fsp3) is 0.462. The Labute approximate surface area is 115 Å². The van der Waals surface area contributed by atoms with Gasteiger partial charge in [0.05, 0.1) is 5.69 Å². The zero-order valence-electron chi connectivity index (χ0n) is 11.4. The van der Waals surface area contributed by atoms with E-state index in [1.54, 1.807) is 13.8 Å². The number of nitrogens with zero attached hydrogens (tertiary/aromatic N) is 1. The molecule has 0 aromatic heterocycles. The largest absolute Gasteiger partial charge is 0.409 e. The molecule has 20 heavy (non-hydrogen) atoms. The van der Waals surface area contributed by atoms with E-state index in [0.29, 0.717) is 25.5 Å². The highest BCUT2D eigenvalue weighted by atomic mass is 19.2. The first-order valence-corrected chi connectivity index (χ1v) is 6.14. The number of nitrogens with one attached hydrogen (secondary N) is 1. The summed E-state index contributed by atoms with van der Waals surface area (Å²) in [5.41, 5.74) is 4.80. The fourth-order valence-corrected chi connectivity index (χ4v) is 1.70. The summed E-state index contributed by atoms with van der Waals surface area (Å²) in [7, 11) is 0. The van der Waals surface area contributed by atoms with Crippen molar-refractivity contribution in [1.29, 1.82) is 0 Å². The number of anilines is 1. The first kappa shape index (κ1) is 16.1. The predicted octanol–water partition coefficient (Wildman–Crippen LogP) is 3.07. The highest BCUT2D eigenvalue weighted by molar-refractivity contribution is 5.85. The Morgan fingerprint density at radius 3 is 2.60 bits per heavy atom. The lowest BCUT2D eigenvalue weighted by Crippen LogP contribution is -2.32. The van der Waals surface area contributed by atoms with Crippen LogP contribution in [0.5, 0.6) is 0 Å². The van der Waals surface area contributed by atoms with Crippen LogP contribution in [0.2, 0.25) is 0 Å². The van der Waals surface area contributed by atoms with Crippen LogP contribution in [0.25, 0.3) is 0 Å². The molecule has 0 saturated heterocycles. The molecule has 0 bridgehead atoms. The van der Waals surface area contributed by atoms with Crippen LogP contribution in [0, 0.1) is 22.9 Å². The summed E-state index contributed by atoms with van der Waals surface area (Å²) in [5.74, 6) is -3.09. The molecule has 4 N–H and O–H groups in total. The van der Waals surface area contributed by atoms with Crippen LogP contribution in [0.1, 0.15) is 26.7 Å². The van der Waals surface area contributed by atoms with Crippen molar-refractivity contribution in [3.63, 3.8) is 0 Å². The highest BCUT2D eigenvalue weighted by Crippen LogP contribution is 2.23. The van der Waals surface area contributed by atoms with Crippen LogP contribution in [0.3, 0.4) is 0 Å². The number of hydrogen-bond acceptors (Lipinski definition) is 3. The van der Waals surface area contributed by atoms with Crippen LogP contribution >= 0.6 is 0 Å². The third-order valence-electron chi connectivity index (χ3n) is 3.09. The summed E-state index contributed by atoms with van der Waals surface area (Å²) in [6, 6.07) is 1.38. The zero-order chi connectivity index (χ0) is 15.3. The van der Waals surface area contributed by atoms with Gasteiger partial charge in [0.25, 0.3) is 0 Å². The number of hydrogen-bond donors (Lipinski definition) is 3. The van der Waals surface area contributed by atoms with Gasteiger partial charge in [-0.05, 0) is 12.8 Å². The number of oxime groups is 1. The van der Waals surface area contributed by atoms with E-state index in [0.717, 1.165) is 6.07 Å². The van der Waals surface area contributed by atoms with E-state index < -0.39 is 22.9 Å². The summed E-state index contributed by atoms with van der Waals surface area (Å²) in [5, 5.41) is 14.2. The third kappa shape index (κ3) is 4.04. The first-order valence-electron chi connectivity index (χ1n) is 6.14. The topological polar surface area (TPSA) is 70.6 Å². The molecule has 0 saturated carbocycles. The van der Waals surface area contributed by atoms with Gasteiger partial charge in [-0.3, -0.25) is 0 Å². The Morgan fingerprint density at radius 2 is 2.00 bits per heavy atom. The molecule has 0 fully saturated rings. The SMILES string of the molecule is CC(C)(CCCNc1cc(F)cc(F)c1F)C(N)=NO. The van der Waals surface area contributed by atoms with E-state index >= 15 is 0 Å². The van der Waals surface area contributed by atoms with E-state index in [2.05, 4.69) is 10.5 Å². The summed E-state index contributed by atoms with van der Waals surface area (Å²) >= 11 is 0. The van der Waals surface area contributed by atoms with Gasteiger partial charge >= 0.3 is 0 Å². The minimum Gasteiger partial charge on any atom is -0.409 e. The van der Waals surface area contributed by atoms with Gasteiger partial charge in [-0.15, -0.1) is 0 Å². The number of benzene rings is 1. The van der Waals surface area contributed by atoms with Crippen molar-refractivity contribution in [3.8, 4) is 0 Å². The van der Waals surface area contributed by atoms with Gasteiger partial charge in [-0.25, -0.2) is 13.2 Å². The monoisotopic (exact) mass is 289 g/mol. The van der Waals surface area contributed by atoms with E-state index in [-0.39, 0.29) is 11.5 Å². The van der Waals surface area contributed by atoms with Crippen LogP contribution < -0.4 is 11.1 Å². The normalized spacial score (nSPS) is 12.6. The number of rotatable bonds is 6. The van der Waals surface area contributed by atoms with Crippen molar-refractivity contribution in [2.75, 3.05) is 11.9 Å². The molecule has 0 heterocycles. The fourth-order valence-electron chi connectivity index (χ4n) is 1.70. The van der Waals surface area contributed by atoms with Gasteiger partial charge in [-0.1, -0.05) is 19.0 Å². The van der Waals surface area contributed by atoms with E-state index in [1.165, 1.54) is 0 Å². The van der Waals surface area contributed by atoms with Crippen molar-refractivity contribution < 1.29 is 18.4 Å². The van der Waals surface area contributed by atoms with Gasteiger partial charge in [0.15, 0.2) is 11.6 Å². The standard InChI is InChI=1S/C13H18F3N3O/c1-13(2,12(17)19-20)4-3-5-18-10-7-8(14)6-9(15)11(10)16/h6-7,18,20H,3-5H2,1-2H3,(H2,17,19). The molecule has 1 aromatic rings. The number of nitrogens with two attached hydrogens (primary N) is 1. The molecule has 112 valence electrons. The maximum atomic E-state index is 13.3. The molecule has 0 aliphatic heterocycles. The average molecular weight is 289 g/mol. The van der Waals surface area contributed by atoms with E-state index in [9.17, 15) is 13.2 Å². The van der Waals surface area contributed by atoms with Crippen molar-refractivity contribution in [2.45, 2.75) is 26.7 Å². The minimum absolute atomic E-state index is 0.0977. The van der Waals surface area contributed by atoms with Crippen molar-refractivity contribution in [2.24, 2.45) is 16.3 Å². The molecule has 7 heteroatoms. The zero-order valence-corrected chi connectivity index (χ0v) is 11.4. The summed E-state index contributed by atoms with van der Waals surface area (Å²) in [4.78, 5) is 0. The molecule has 0 aliphatic rings. The molecular weight excluding hydrogens is 271 g/mol. The van der Waals surface area contributed by atoms with Gasteiger partial charge in [0.1, 0.15) is 11.7 Å². The Morgan fingerprint density at radius 1 is 1.35 bits per heavy atom. The molecule has 0 unspecified atom stereocenters. The maximum Gasteiger partial charge on any atom is 0.182 e. The molecule has 0 spiro atoms. The lowest BCUT2D eigenvalue weighted by atomic mass is 9.86. The maximum absolute atomic E-state index is 13.3. The number of halogens is 3. The first-order chi connectivity index (χ1) is 9.27. The lowest BCUT2D eigenvalue weighted by Gasteiger charge is -2.22. The Balaban J connectivity index is 2.54. The Kier molecular flexibility index (Phi) is 5.24. The van der Waals surface area contributed by atoms with Crippen molar-refractivity contribution >= 4 is 11.5 Å². The molecule has 0 radical (unpaired) electrons. The molecule has 0 amide bonds. The van der Waals surface area contributed by atoms with Crippen molar-refractivity contribution in [3.05, 3.63) is 29.6 Å². The second-order valence-electron chi connectivity index (χ2n) is 5.15. The smallest absolute Gasteiger partial charge is 0.182 e. The van der Waals surface area contributed by atoms with Gasteiger partial charge in [0.2, 0.25) is 0 Å². The van der Waals surface area contributed by atoms with Gasteiger partial charge in [0, 0.05) is 24.1 Å². The second kappa shape index (κ2) is 6.49. The molecule has 0 aliphatic carbocycles. The predicted molar refractivity (Wildman–Crippen MR) is 71.2 cm³/mol.